The molecule has 17 heavy (non-hydrogen) atoms. The number of methoxy groups -OCH3 is 1. The van der Waals surface area contributed by atoms with Crippen molar-refractivity contribution in [3.63, 3.8) is 0 Å². The fraction of sp³-hybridized carbons (Fsp3) is 0.727. The molecule has 2 unspecified atom stereocenters. The molecule has 0 aliphatic heterocycles. The van der Waals surface area contributed by atoms with Gasteiger partial charge < -0.3 is 10.1 Å². The summed E-state index contributed by atoms with van der Waals surface area (Å²) in [5.74, 6) is 0.778. The monoisotopic (exact) mass is 259 g/mol. The van der Waals surface area contributed by atoms with E-state index in [-0.39, 0.29) is 5.25 Å². The molecule has 0 saturated carbocycles. The topological polar surface area (TPSA) is 56.1 Å². The number of hydrogen-bond acceptors (Lipinski definition) is 4. The Balaban J connectivity index is 2.60. The van der Waals surface area contributed by atoms with E-state index in [1.165, 1.54) is 0 Å². The van der Waals surface area contributed by atoms with Crippen LogP contribution in [0, 0.1) is 6.92 Å². The highest BCUT2D eigenvalue weighted by molar-refractivity contribution is 7.84. The van der Waals surface area contributed by atoms with Crippen molar-refractivity contribution < 1.29 is 8.95 Å². The summed E-state index contributed by atoms with van der Waals surface area (Å²) in [5, 5.41) is 7.74. The first kappa shape index (κ1) is 14.2. The highest BCUT2D eigenvalue weighted by Crippen LogP contribution is 2.20. The Hall–Kier alpha value is -0.880. The lowest BCUT2D eigenvalue weighted by Gasteiger charge is -2.10. The zero-order chi connectivity index (χ0) is 13.0. The third kappa shape index (κ3) is 3.54. The summed E-state index contributed by atoms with van der Waals surface area (Å²) in [6.45, 7) is 5.34. The van der Waals surface area contributed by atoms with Gasteiger partial charge in [-0.05, 0) is 13.8 Å². The second kappa shape index (κ2) is 6.16. The second-order valence-corrected chi connectivity index (χ2v) is 5.94. The molecule has 98 valence electrons. The molecule has 0 spiro atoms. The molecule has 0 saturated heterocycles. The molecule has 0 aliphatic carbocycles. The van der Waals surface area contributed by atoms with E-state index in [1.807, 2.05) is 20.9 Å². The molecule has 1 aromatic heterocycles. The maximum atomic E-state index is 11.2. The molecule has 0 amide bonds. The molecule has 1 N–H and O–H groups in total. The second-order valence-electron chi connectivity index (χ2n) is 4.14. The van der Waals surface area contributed by atoms with E-state index in [2.05, 4.69) is 10.4 Å². The summed E-state index contributed by atoms with van der Waals surface area (Å²) in [6, 6.07) is 0. The molecule has 0 fully saturated rings. The lowest BCUT2D eigenvalue weighted by atomic mass is 10.2. The molecule has 1 aromatic rings. The third-order valence-corrected chi connectivity index (χ3v) is 4.08. The van der Waals surface area contributed by atoms with Crippen molar-refractivity contribution in [2.75, 3.05) is 19.9 Å². The van der Waals surface area contributed by atoms with Gasteiger partial charge in [0.15, 0.2) is 0 Å². The Kier molecular flexibility index (Phi) is 5.14. The van der Waals surface area contributed by atoms with Crippen molar-refractivity contribution in [1.82, 2.24) is 15.1 Å². The smallest absolute Gasteiger partial charge is 0.216 e. The molecule has 0 bridgehead atoms. The lowest BCUT2D eigenvalue weighted by molar-refractivity contribution is 0.368. The van der Waals surface area contributed by atoms with Gasteiger partial charge >= 0.3 is 0 Å². The van der Waals surface area contributed by atoms with Gasteiger partial charge in [-0.3, -0.25) is 4.21 Å². The quantitative estimate of drug-likeness (QED) is 0.812. The Labute approximate surface area is 105 Å². The highest BCUT2D eigenvalue weighted by Gasteiger charge is 2.14. The fourth-order valence-electron chi connectivity index (χ4n) is 1.66. The van der Waals surface area contributed by atoms with Gasteiger partial charge in [0, 0.05) is 42.4 Å². The van der Waals surface area contributed by atoms with Crippen molar-refractivity contribution >= 4 is 10.8 Å². The Morgan fingerprint density at radius 1 is 1.59 bits per heavy atom. The van der Waals surface area contributed by atoms with E-state index in [9.17, 15) is 4.21 Å². The molecule has 6 heteroatoms. The predicted octanol–water partition coefficient (Wildman–Crippen LogP) is 0.594. The van der Waals surface area contributed by atoms with E-state index >= 15 is 0 Å². The predicted molar refractivity (Wildman–Crippen MR) is 69.7 cm³/mol. The van der Waals surface area contributed by atoms with E-state index in [1.54, 1.807) is 18.0 Å². The minimum absolute atomic E-state index is 0.151. The number of ether oxygens (including phenoxy) is 1. The average molecular weight is 259 g/mol. The van der Waals surface area contributed by atoms with Crippen LogP contribution in [0.2, 0.25) is 0 Å². The molecular weight excluding hydrogens is 238 g/mol. The number of hydrogen-bond donors (Lipinski definition) is 1. The van der Waals surface area contributed by atoms with E-state index < -0.39 is 10.8 Å². The first-order valence-corrected chi connectivity index (χ1v) is 7.18. The number of nitrogens with one attached hydrogen (secondary N) is 1. The van der Waals surface area contributed by atoms with Crippen LogP contribution in [-0.4, -0.2) is 39.1 Å². The van der Waals surface area contributed by atoms with Crippen LogP contribution in [0.25, 0.3) is 0 Å². The van der Waals surface area contributed by atoms with E-state index in [0.717, 1.165) is 23.7 Å². The number of aromatic nitrogens is 2. The lowest BCUT2D eigenvalue weighted by Crippen LogP contribution is -2.27. The zero-order valence-electron chi connectivity index (χ0n) is 11.1. The van der Waals surface area contributed by atoms with Crippen LogP contribution < -0.4 is 10.1 Å². The normalized spacial score (nSPS) is 14.6. The van der Waals surface area contributed by atoms with Gasteiger partial charge in [0.1, 0.15) is 0 Å². The minimum atomic E-state index is -0.790. The molecule has 1 rings (SSSR count). The Morgan fingerprint density at radius 2 is 2.24 bits per heavy atom. The molecule has 2 atom stereocenters. The fourth-order valence-corrected chi connectivity index (χ4v) is 2.01. The maximum absolute atomic E-state index is 11.2. The summed E-state index contributed by atoms with van der Waals surface area (Å²) < 4.78 is 18.2. The van der Waals surface area contributed by atoms with Crippen molar-refractivity contribution in [2.24, 2.45) is 7.05 Å². The highest BCUT2D eigenvalue weighted by atomic mass is 32.2. The summed E-state index contributed by atoms with van der Waals surface area (Å²) >= 11 is 0. The van der Waals surface area contributed by atoms with Crippen LogP contribution >= 0.6 is 0 Å². The van der Waals surface area contributed by atoms with Gasteiger partial charge in [0.05, 0.1) is 18.4 Å². The number of rotatable bonds is 6. The van der Waals surface area contributed by atoms with Crippen molar-refractivity contribution in [3.05, 3.63) is 11.3 Å². The largest absolute Gasteiger partial charge is 0.481 e. The maximum Gasteiger partial charge on any atom is 0.216 e. The van der Waals surface area contributed by atoms with Crippen molar-refractivity contribution in [1.29, 1.82) is 0 Å². The molecular formula is C11H21N3O2S. The van der Waals surface area contributed by atoms with Crippen LogP contribution in [0.1, 0.15) is 18.2 Å². The molecule has 0 radical (unpaired) electrons. The van der Waals surface area contributed by atoms with Crippen LogP contribution in [0.5, 0.6) is 5.88 Å². The summed E-state index contributed by atoms with van der Waals surface area (Å²) in [5.41, 5.74) is 2.02. The minimum Gasteiger partial charge on any atom is -0.481 e. The summed E-state index contributed by atoms with van der Waals surface area (Å²) in [7, 11) is 2.71. The standard InChI is InChI=1S/C11H21N3O2S/c1-8(17(5)15)6-12-7-10-9(2)13-14(3)11(10)16-4/h8,12H,6-7H2,1-5H3. The Morgan fingerprint density at radius 3 is 2.76 bits per heavy atom. The van der Waals surface area contributed by atoms with Gasteiger partial charge in [0.25, 0.3) is 0 Å². The average Bonchev–Trinajstić information content (AvgIpc) is 2.53. The zero-order valence-corrected chi connectivity index (χ0v) is 11.9. The van der Waals surface area contributed by atoms with Crippen LogP contribution in [0.4, 0.5) is 0 Å². The van der Waals surface area contributed by atoms with Gasteiger partial charge in [0.2, 0.25) is 5.88 Å². The van der Waals surface area contributed by atoms with Gasteiger partial charge in [-0.25, -0.2) is 4.68 Å². The van der Waals surface area contributed by atoms with Crippen LogP contribution in [0.3, 0.4) is 0 Å². The molecule has 0 aliphatic rings. The summed E-state index contributed by atoms with van der Waals surface area (Å²) in [6.07, 6.45) is 1.72. The number of nitrogens with zero attached hydrogens (tertiary/aromatic N) is 2. The van der Waals surface area contributed by atoms with Crippen molar-refractivity contribution in [3.8, 4) is 5.88 Å². The third-order valence-electron chi connectivity index (χ3n) is 2.78. The van der Waals surface area contributed by atoms with Gasteiger partial charge in [-0.2, -0.15) is 5.10 Å². The SMILES string of the molecule is COc1c(CNCC(C)S(C)=O)c(C)nn1C. The van der Waals surface area contributed by atoms with Gasteiger partial charge in [-0.1, -0.05) is 0 Å². The first-order valence-electron chi connectivity index (χ1n) is 5.56. The van der Waals surface area contributed by atoms with E-state index in [0.29, 0.717) is 6.54 Å². The van der Waals surface area contributed by atoms with Crippen LogP contribution in [-0.2, 0) is 24.4 Å². The van der Waals surface area contributed by atoms with Crippen LogP contribution in [0.15, 0.2) is 0 Å². The Bertz CT molecular complexity index is 404. The number of aryl methyl sites for hydroxylation is 2. The summed E-state index contributed by atoms with van der Waals surface area (Å²) in [4.78, 5) is 0. The molecule has 0 aromatic carbocycles. The van der Waals surface area contributed by atoms with Gasteiger partial charge in [-0.15, -0.1) is 0 Å². The van der Waals surface area contributed by atoms with E-state index in [4.69, 9.17) is 4.74 Å². The molecule has 1 heterocycles. The first-order chi connectivity index (χ1) is 7.97. The van der Waals surface area contributed by atoms with Crippen molar-refractivity contribution in [2.45, 2.75) is 25.6 Å². The molecule has 5 nitrogen and oxygen atoms in total.